The lowest BCUT2D eigenvalue weighted by Crippen LogP contribution is -2.04. The molecule has 0 aliphatic carbocycles. The molecule has 1 heterocycles. The number of rotatable bonds is 5. The minimum atomic E-state index is -0.0251. The molecule has 0 unspecified atom stereocenters. The number of aromatic nitrogens is 1. The van der Waals surface area contributed by atoms with Gasteiger partial charge in [-0.15, -0.1) is 0 Å². The van der Waals surface area contributed by atoms with E-state index in [2.05, 4.69) is 10.3 Å². The Kier molecular flexibility index (Phi) is 4.08. The summed E-state index contributed by atoms with van der Waals surface area (Å²) in [6, 6.07) is 9.75. The van der Waals surface area contributed by atoms with E-state index >= 15 is 0 Å². The largest absolute Gasteiger partial charge is 0.395 e. The molecule has 1 aromatic heterocycles. The molecule has 0 spiro atoms. The smallest absolute Gasteiger partial charge is 0.183 e. The fourth-order valence-corrected chi connectivity index (χ4v) is 2.39. The van der Waals surface area contributed by atoms with Gasteiger partial charge in [-0.1, -0.05) is 41.7 Å². The minimum absolute atomic E-state index is 0.0251. The summed E-state index contributed by atoms with van der Waals surface area (Å²) in [6.45, 7) is 0.504. The summed E-state index contributed by atoms with van der Waals surface area (Å²) >= 11 is 1.41. The van der Waals surface area contributed by atoms with E-state index in [-0.39, 0.29) is 13.2 Å². The predicted octanol–water partition coefficient (Wildman–Crippen LogP) is 1.71. The van der Waals surface area contributed by atoms with Crippen LogP contribution in [0.25, 0.3) is 11.3 Å². The highest BCUT2D eigenvalue weighted by Gasteiger charge is 2.11. The van der Waals surface area contributed by atoms with Crippen LogP contribution in [0.3, 0.4) is 0 Å². The Morgan fingerprint density at radius 3 is 2.59 bits per heavy atom. The van der Waals surface area contributed by atoms with E-state index in [0.717, 1.165) is 21.3 Å². The number of nitrogens with zero attached hydrogens (tertiary/aromatic N) is 1. The molecule has 0 bridgehead atoms. The van der Waals surface area contributed by atoms with Gasteiger partial charge in [0.1, 0.15) is 0 Å². The van der Waals surface area contributed by atoms with Crippen molar-refractivity contribution < 1.29 is 10.2 Å². The first-order chi connectivity index (χ1) is 8.35. The first kappa shape index (κ1) is 12.0. The van der Waals surface area contributed by atoms with Crippen molar-refractivity contribution in [3.63, 3.8) is 0 Å². The monoisotopic (exact) mass is 250 g/mol. The number of thiazole rings is 1. The second kappa shape index (κ2) is 5.77. The van der Waals surface area contributed by atoms with Gasteiger partial charge in [-0.25, -0.2) is 4.98 Å². The molecule has 0 saturated heterocycles. The molecule has 0 aliphatic heterocycles. The van der Waals surface area contributed by atoms with Gasteiger partial charge in [0.25, 0.3) is 0 Å². The van der Waals surface area contributed by atoms with Crippen molar-refractivity contribution in [3.8, 4) is 11.3 Å². The average molecular weight is 250 g/mol. The Hall–Kier alpha value is -1.43. The van der Waals surface area contributed by atoms with E-state index in [4.69, 9.17) is 5.11 Å². The number of hydrogen-bond acceptors (Lipinski definition) is 5. The normalized spacial score (nSPS) is 10.5. The van der Waals surface area contributed by atoms with Gasteiger partial charge in [-0.2, -0.15) is 0 Å². The average Bonchev–Trinajstić information content (AvgIpc) is 2.80. The zero-order chi connectivity index (χ0) is 12.1. The van der Waals surface area contributed by atoms with Crippen molar-refractivity contribution in [1.29, 1.82) is 0 Å². The molecule has 90 valence electrons. The molecule has 1 aromatic carbocycles. The van der Waals surface area contributed by atoms with Gasteiger partial charge in [0, 0.05) is 12.1 Å². The Morgan fingerprint density at radius 1 is 1.18 bits per heavy atom. The Bertz CT molecular complexity index is 471. The van der Waals surface area contributed by atoms with E-state index in [1.165, 1.54) is 11.3 Å². The van der Waals surface area contributed by atoms with Gasteiger partial charge in [-0.05, 0) is 0 Å². The lowest BCUT2D eigenvalue weighted by atomic mass is 10.1. The number of anilines is 1. The first-order valence-corrected chi connectivity index (χ1v) is 6.17. The zero-order valence-corrected chi connectivity index (χ0v) is 10.1. The summed E-state index contributed by atoms with van der Waals surface area (Å²) in [5, 5.41) is 21.8. The van der Waals surface area contributed by atoms with Crippen LogP contribution in [-0.4, -0.2) is 28.3 Å². The van der Waals surface area contributed by atoms with E-state index in [1.807, 2.05) is 30.3 Å². The van der Waals surface area contributed by atoms with Gasteiger partial charge < -0.3 is 15.5 Å². The standard InChI is InChI=1S/C12H14N2O2S/c15-7-6-13-12-14-11(10(8-16)17-12)9-4-2-1-3-5-9/h1-5,15-16H,6-8H2,(H,13,14). The van der Waals surface area contributed by atoms with Gasteiger partial charge in [0.15, 0.2) is 5.13 Å². The van der Waals surface area contributed by atoms with E-state index in [1.54, 1.807) is 0 Å². The second-order valence-electron chi connectivity index (χ2n) is 3.47. The topological polar surface area (TPSA) is 65.4 Å². The first-order valence-electron chi connectivity index (χ1n) is 5.36. The molecular formula is C12H14N2O2S. The molecule has 2 rings (SSSR count). The summed E-state index contributed by atoms with van der Waals surface area (Å²) in [7, 11) is 0. The van der Waals surface area contributed by atoms with Crippen LogP contribution in [0.4, 0.5) is 5.13 Å². The van der Waals surface area contributed by atoms with Crippen molar-refractivity contribution in [2.45, 2.75) is 6.61 Å². The van der Waals surface area contributed by atoms with E-state index < -0.39 is 0 Å². The molecule has 4 nitrogen and oxygen atoms in total. The third kappa shape index (κ3) is 2.82. The maximum absolute atomic E-state index is 9.31. The predicted molar refractivity (Wildman–Crippen MR) is 69.0 cm³/mol. The molecule has 5 heteroatoms. The van der Waals surface area contributed by atoms with Gasteiger partial charge in [0.2, 0.25) is 0 Å². The van der Waals surface area contributed by atoms with Crippen LogP contribution in [0.5, 0.6) is 0 Å². The molecule has 0 saturated carbocycles. The lowest BCUT2D eigenvalue weighted by molar-refractivity contribution is 0.286. The van der Waals surface area contributed by atoms with Crippen LogP contribution in [-0.2, 0) is 6.61 Å². The Labute approximate surface area is 104 Å². The molecule has 3 N–H and O–H groups in total. The van der Waals surface area contributed by atoms with E-state index in [9.17, 15) is 5.11 Å². The van der Waals surface area contributed by atoms with Crippen LogP contribution in [0.2, 0.25) is 0 Å². The summed E-state index contributed by atoms with van der Waals surface area (Å²) in [6.07, 6.45) is 0. The zero-order valence-electron chi connectivity index (χ0n) is 9.26. The fourth-order valence-electron chi connectivity index (χ4n) is 1.52. The van der Waals surface area contributed by atoms with Gasteiger partial charge in [-0.3, -0.25) is 0 Å². The SMILES string of the molecule is OCCNc1nc(-c2ccccc2)c(CO)s1. The summed E-state index contributed by atoms with van der Waals surface area (Å²) in [5.74, 6) is 0. The van der Waals surface area contributed by atoms with Crippen LogP contribution < -0.4 is 5.32 Å². The molecule has 0 aliphatic rings. The summed E-state index contributed by atoms with van der Waals surface area (Å²) in [4.78, 5) is 5.26. The fraction of sp³-hybridized carbons (Fsp3) is 0.250. The summed E-state index contributed by atoms with van der Waals surface area (Å²) < 4.78 is 0. The van der Waals surface area contributed by atoms with Crippen molar-refractivity contribution in [1.82, 2.24) is 4.98 Å². The maximum Gasteiger partial charge on any atom is 0.183 e. The molecule has 0 radical (unpaired) electrons. The van der Waals surface area contributed by atoms with Gasteiger partial charge in [0.05, 0.1) is 23.8 Å². The van der Waals surface area contributed by atoms with Gasteiger partial charge >= 0.3 is 0 Å². The Balaban J connectivity index is 2.30. The van der Waals surface area contributed by atoms with E-state index in [0.29, 0.717) is 6.54 Å². The third-order valence-corrected chi connectivity index (χ3v) is 3.27. The van der Waals surface area contributed by atoms with Crippen molar-refractivity contribution in [2.24, 2.45) is 0 Å². The number of nitrogens with one attached hydrogen (secondary N) is 1. The molecule has 2 aromatic rings. The Morgan fingerprint density at radius 2 is 1.94 bits per heavy atom. The molecular weight excluding hydrogens is 236 g/mol. The lowest BCUT2D eigenvalue weighted by Gasteiger charge is -1.98. The van der Waals surface area contributed by atoms with Crippen molar-refractivity contribution in [3.05, 3.63) is 35.2 Å². The van der Waals surface area contributed by atoms with Crippen LogP contribution in [0, 0.1) is 0 Å². The van der Waals surface area contributed by atoms with Crippen LogP contribution in [0.15, 0.2) is 30.3 Å². The molecule has 17 heavy (non-hydrogen) atoms. The maximum atomic E-state index is 9.31. The molecule has 0 atom stereocenters. The highest BCUT2D eigenvalue weighted by Crippen LogP contribution is 2.30. The number of benzene rings is 1. The number of aliphatic hydroxyl groups excluding tert-OH is 2. The minimum Gasteiger partial charge on any atom is -0.395 e. The van der Waals surface area contributed by atoms with Crippen LogP contribution >= 0.6 is 11.3 Å². The molecule has 0 fully saturated rings. The summed E-state index contributed by atoms with van der Waals surface area (Å²) in [5.41, 5.74) is 1.79. The molecule has 0 amide bonds. The number of aliphatic hydroxyl groups is 2. The highest BCUT2D eigenvalue weighted by molar-refractivity contribution is 7.16. The van der Waals surface area contributed by atoms with Crippen LogP contribution in [0.1, 0.15) is 4.88 Å². The van der Waals surface area contributed by atoms with Crippen molar-refractivity contribution in [2.75, 3.05) is 18.5 Å². The highest BCUT2D eigenvalue weighted by atomic mass is 32.1. The third-order valence-electron chi connectivity index (χ3n) is 2.28. The quantitative estimate of drug-likeness (QED) is 0.756. The number of hydrogen-bond donors (Lipinski definition) is 3. The second-order valence-corrected chi connectivity index (χ2v) is 4.55. The van der Waals surface area contributed by atoms with Crippen molar-refractivity contribution >= 4 is 16.5 Å².